The van der Waals surface area contributed by atoms with Crippen LogP contribution in [0.5, 0.6) is 0 Å². The summed E-state index contributed by atoms with van der Waals surface area (Å²) in [6.45, 7) is 1.90. The van der Waals surface area contributed by atoms with E-state index in [9.17, 15) is 19.7 Å². The predicted octanol–water partition coefficient (Wildman–Crippen LogP) is 4.93. The van der Waals surface area contributed by atoms with Crippen LogP contribution >= 0.6 is 0 Å². The van der Waals surface area contributed by atoms with Gasteiger partial charge in [0.05, 0.1) is 10.3 Å². The Kier molecular flexibility index (Phi) is 4.85. The predicted molar refractivity (Wildman–Crippen MR) is 114 cm³/mol. The highest BCUT2D eigenvalue weighted by atomic mass is 16.6. The number of carbonyl (C=O) groups is 1. The number of anilines is 1. The minimum absolute atomic E-state index is 0.118. The van der Waals surface area contributed by atoms with Crippen LogP contribution < -0.4 is 10.7 Å². The number of carbonyl (C=O) groups excluding carboxylic acids is 1. The number of rotatable bonds is 4. The first-order valence-corrected chi connectivity index (χ1v) is 9.12. The van der Waals surface area contributed by atoms with Gasteiger partial charge in [-0.05, 0) is 37.3 Å². The van der Waals surface area contributed by atoms with Gasteiger partial charge in [0.25, 0.3) is 11.6 Å². The number of fused-ring (bicyclic) bond motifs is 1. The molecule has 1 amide bonds. The summed E-state index contributed by atoms with van der Waals surface area (Å²) in [4.78, 5) is 35.4. The number of aryl methyl sites for hydroxylation is 1. The lowest BCUT2D eigenvalue weighted by atomic mass is 10.1. The van der Waals surface area contributed by atoms with Crippen molar-refractivity contribution in [2.24, 2.45) is 0 Å². The number of hydrogen-bond donors (Lipinski definition) is 1. The lowest BCUT2D eigenvalue weighted by Crippen LogP contribution is -2.13. The number of hydrogen-bond acceptors (Lipinski definition) is 5. The first-order valence-electron chi connectivity index (χ1n) is 9.12. The van der Waals surface area contributed by atoms with Crippen molar-refractivity contribution in [3.63, 3.8) is 0 Å². The monoisotopic (exact) mass is 400 g/mol. The molecule has 1 N–H and O–H groups in total. The molecule has 1 aromatic heterocycles. The third-order valence-electron chi connectivity index (χ3n) is 4.66. The number of nitrogens with one attached hydrogen (secondary N) is 1. The van der Waals surface area contributed by atoms with Crippen LogP contribution in [-0.4, -0.2) is 10.8 Å². The topological polar surface area (TPSA) is 102 Å². The molecule has 0 atom stereocenters. The number of nitrogens with zero attached hydrogens (tertiary/aromatic N) is 1. The van der Waals surface area contributed by atoms with E-state index in [0.29, 0.717) is 27.9 Å². The molecule has 0 spiro atoms. The van der Waals surface area contributed by atoms with Crippen molar-refractivity contribution in [3.05, 3.63) is 104 Å². The molecule has 7 heteroatoms. The molecule has 0 saturated heterocycles. The molecule has 0 fully saturated rings. The molecule has 4 rings (SSSR count). The van der Waals surface area contributed by atoms with Crippen LogP contribution in [0.25, 0.3) is 22.3 Å². The van der Waals surface area contributed by atoms with E-state index in [1.54, 1.807) is 42.5 Å². The van der Waals surface area contributed by atoms with Gasteiger partial charge >= 0.3 is 0 Å². The van der Waals surface area contributed by atoms with Gasteiger partial charge in [0.15, 0.2) is 5.43 Å². The number of nitro groups is 1. The minimum Gasteiger partial charge on any atom is -0.456 e. The maximum Gasteiger partial charge on any atom is 0.292 e. The molecule has 0 saturated carbocycles. The molecule has 0 bridgehead atoms. The average molecular weight is 400 g/mol. The lowest BCUT2D eigenvalue weighted by molar-refractivity contribution is -0.383. The quantitative estimate of drug-likeness (QED) is 0.386. The maximum atomic E-state index is 12.5. The second-order valence-electron chi connectivity index (χ2n) is 6.78. The highest BCUT2D eigenvalue weighted by molar-refractivity contribution is 6.05. The van der Waals surface area contributed by atoms with Crippen LogP contribution in [0.2, 0.25) is 0 Å². The van der Waals surface area contributed by atoms with Gasteiger partial charge in [-0.3, -0.25) is 19.7 Å². The first-order chi connectivity index (χ1) is 14.4. The van der Waals surface area contributed by atoms with Crippen molar-refractivity contribution in [3.8, 4) is 11.3 Å². The molecule has 3 aromatic carbocycles. The van der Waals surface area contributed by atoms with Gasteiger partial charge in [-0.1, -0.05) is 35.9 Å². The zero-order chi connectivity index (χ0) is 21.3. The SMILES string of the molecule is Cc1ccc2oc(-c3ccc(C(=O)Nc4ccccc4[N+](=O)[O-])cc3)cc(=O)c2c1. The first kappa shape index (κ1) is 19.1. The van der Waals surface area contributed by atoms with Crippen molar-refractivity contribution in [1.82, 2.24) is 0 Å². The summed E-state index contributed by atoms with van der Waals surface area (Å²) in [5.74, 6) is -0.0895. The molecular weight excluding hydrogens is 384 g/mol. The molecule has 148 valence electrons. The van der Waals surface area contributed by atoms with Gasteiger partial charge in [-0.2, -0.15) is 0 Å². The fourth-order valence-corrected chi connectivity index (χ4v) is 3.13. The van der Waals surface area contributed by atoms with Crippen molar-refractivity contribution >= 4 is 28.3 Å². The Bertz CT molecular complexity index is 1340. The second kappa shape index (κ2) is 7.63. The zero-order valence-electron chi connectivity index (χ0n) is 15.9. The van der Waals surface area contributed by atoms with Crippen LogP contribution in [0.3, 0.4) is 0 Å². The lowest BCUT2D eigenvalue weighted by Gasteiger charge is -2.07. The third kappa shape index (κ3) is 3.68. The third-order valence-corrected chi connectivity index (χ3v) is 4.66. The summed E-state index contributed by atoms with van der Waals surface area (Å²) in [7, 11) is 0. The Morgan fingerprint density at radius 2 is 1.73 bits per heavy atom. The second-order valence-corrected chi connectivity index (χ2v) is 6.78. The summed E-state index contributed by atoms with van der Waals surface area (Å²) in [6.07, 6.45) is 0. The van der Waals surface area contributed by atoms with Gasteiger partial charge in [-0.25, -0.2) is 0 Å². The molecule has 0 aliphatic heterocycles. The number of amides is 1. The fraction of sp³-hybridized carbons (Fsp3) is 0.0435. The van der Waals surface area contributed by atoms with Crippen molar-refractivity contribution in [2.75, 3.05) is 5.32 Å². The largest absolute Gasteiger partial charge is 0.456 e. The van der Waals surface area contributed by atoms with E-state index in [1.165, 1.54) is 24.3 Å². The molecule has 0 aliphatic rings. The Labute approximate surface area is 170 Å². The number of nitro benzene ring substituents is 1. The Balaban J connectivity index is 1.61. The molecule has 7 nitrogen and oxygen atoms in total. The molecular formula is C23H16N2O5. The summed E-state index contributed by atoms with van der Waals surface area (Å²) < 4.78 is 5.85. The van der Waals surface area contributed by atoms with E-state index in [0.717, 1.165) is 5.56 Å². The fourth-order valence-electron chi connectivity index (χ4n) is 3.13. The summed E-state index contributed by atoms with van der Waals surface area (Å²) in [6, 6.07) is 19.2. The highest BCUT2D eigenvalue weighted by Crippen LogP contribution is 2.25. The van der Waals surface area contributed by atoms with Gasteiger partial charge in [0.1, 0.15) is 17.0 Å². The molecule has 0 unspecified atom stereocenters. The van der Waals surface area contributed by atoms with E-state index in [1.807, 2.05) is 13.0 Å². The van der Waals surface area contributed by atoms with Crippen molar-refractivity contribution < 1.29 is 14.1 Å². The van der Waals surface area contributed by atoms with Crippen molar-refractivity contribution in [1.29, 1.82) is 0 Å². The Hall–Kier alpha value is -4.26. The van der Waals surface area contributed by atoms with Crippen LogP contribution in [0.15, 0.2) is 82.0 Å². The van der Waals surface area contributed by atoms with Gasteiger partial charge in [0, 0.05) is 23.3 Å². The number of para-hydroxylation sites is 2. The van der Waals surface area contributed by atoms with E-state index < -0.39 is 10.8 Å². The average Bonchev–Trinajstić information content (AvgIpc) is 2.74. The minimum atomic E-state index is -0.554. The zero-order valence-corrected chi connectivity index (χ0v) is 15.9. The number of benzene rings is 3. The normalized spacial score (nSPS) is 10.7. The van der Waals surface area contributed by atoms with Crippen LogP contribution in [0.4, 0.5) is 11.4 Å². The van der Waals surface area contributed by atoms with Gasteiger partial charge < -0.3 is 9.73 Å². The van der Waals surface area contributed by atoms with Crippen LogP contribution in [0, 0.1) is 17.0 Å². The summed E-state index contributed by atoms with van der Waals surface area (Å²) in [5.41, 5.74) is 2.20. The Morgan fingerprint density at radius 3 is 2.47 bits per heavy atom. The molecule has 4 aromatic rings. The molecule has 30 heavy (non-hydrogen) atoms. The summed E-state index contributed by atoms with van der Waals surface area (Å²) >= 11 is 0. The van der Waals surface area contributed by atoms with Crippen LogP contribution in [-0.2, 0) is 0 Å². The van der Waals surface area contributed by atoms with Gasteiger partial charge in [-0.15, -0.1) is 0 Å². The van der Waals surface area contributed by atoms with Gasteiger partial charge in [0.2, 0.25) is 0 Å². The van der Waals surface area contributed by atoms with E-state index in [-0.39, 0.29) is 16.8 Å². The van der Waals surface area contributed by atoms with E-state index in [2.05, 4.69) is 5.32 Å². The standard InChI is InChI=1S/C23H16N2O5/c1-14-6-11-21-17(12-14)20(26)13-22(30-21)15-7-9-16(10-8-15)23(27)24-18-4-2-3-5-19(18)25(28)29/h2-13H,1H3,(H,24,27). The van der Waals surface area contributed by atoms with E-state index >= 15 is 0 Å². The summed E-state index contributed by atoms with van der Waals surface area (Å²) in [5, 5.41) is 14.2. The maximum absolute atomic E-state index is 12.5. The molecule has 1 heterocycles. The van der Waals surface area contributed by atoms with Crippen LogP contribution in [0.1, 0.15) is 15.9 Å². The Morgan fingerprint density at radius 1 is 1.00 bits per heavy atom. The van der Waals surface area contributed by atoms with E-state index in [4.69, 9.17) is 4.42 Å². The highest BCUT2D eigenvalue weighted by Gasteiger charge is 2.16. The smallest absolute Gasteiger partial charge is 0.292 e. The molecule has 0 radical (unpaired) electrons. The molecule has 0 aliphatic carbocycles. The van der Waals surface area contributed by atoms with Crippen molar-refractivity contribution in [2.45, 2.75) is 6.92 Å².